The molecular formula is C20H33N5O2. The largest absolute Gasteiger partial charge is 0.342 e. The van der Waals surface area contributed by atoms with Crippen molar-refractivity contribution in [3.05, 3.63) is 11.6 Å². The maximum Gasteiger partial charge on any atom is 0.227 e. The molecule has 3 heterocycles. The van der Waals surface area contributed by atoms with Crippen LogP contribution in [0.25, 0.3) is 0 Å². The van der Waals surface area contributed by atoms with Crippen molar-refractivity contribution < 1.29 is 9.59 Å². The number of nitrogens with zero attached hydrogens (tertiary/aromatic N) is 5. The second-order valence-electron chi connectivity index (χ2n) is 8.96. The van der Waals surface area contributed by atoms with E-state index in [4.69, 9.17) is 0 Å². The lowest BCUT2D eigenvalue weighted by Gasteiger charge is -2.39. The molecule has 1 aromatic heterocycles. The van der Waals surface area contributed by atoms with Crippen molar-refractivity contribution in [3.8, 4) is 0 Å². The van der Waals surface area contributed by atoms with Crippen molar-refractivity contribution in [1.82, 2.24) is 24.6 Å². The Morgan fingerprint density at radius 2 is 1.81 bits per heavy atom. The smallest absolute Gasteiger partial charge is 0.227 e. The number of hydrogen-bond donors (Lipinski definition) is 0. The Hall–Kier alpha value is -1.92. The molecule has 3 rings (SSSR count). The predicted octanol–water partition coefficient (Wildman–Crippen LogP) is 2.03. The van der Waals surface area contributed by atoms with Crippen LogP contribution in [0.3, 0.4) is 0 Å². The summed E-state index contributed by atoms with van der Waals surface area (Å²) in [7, 11) is 0. The Morgan fingerprint density at radius 1 is 1.15 bits per heavy atom. The second-order valence-corrected chi connectivity index (χ2v) is 8.96. The fourth-order valence-electron chi connectivity index (χ4n) is 4.51. The van der Waals surface area contributed by atoms with Gasteiger partial charge in [0.2, 0.25) is 11.8 Å². The minimum Gasteiger partial charge on any atom is -0.342 e. The molecule has 0 radical (unpaired) electrons. The van der Waals surface area contributed by atoms with Crippen molar-refractivity contribution >= 4 is 11.8 Å². The summed E-state index contributed by atoms with van der Waals surface area (Å²) >= 11 is 0. The first-order valence-corrected chi connectivity index (χ1v) is 10.1. The van der Waals surface area contributed by atoms with E-state index in [0.29, 0.717) is 18.9 Å². The molecule has 1 spiro atoms. The highest BCUT2D eigenvalue weighted by Crippen LogP contribution is 2.41. The SMILES string of the molecule is Cc1nc(C)n(C[C@@H](C)C(=O)N2CCC3(CC2)CC(=O)N(CC(C)C)C3)n1. The number of amides is 2. The van der Waals surface area contributed by atoms with Gasteiger partial charge in [0.1, 0.15) is 11.6 Å². The first-order chi connectivity index (χ1) is 12.7. The number of aromatic nitrogens is 3. The molecule has 0 aliphatic carbocycles. The van der Waals surface area contributed by atoms with Gasteiger partial charge in [-0.25, -0.2) is 9.67 Å². The van der Waals surface area contributed by atoms with E-state index >= 15 is 0 Å². The van der Waals surface area contributed by atoms with Crippen LogP contribution in [0.2, 0.25) is 0 Å². The van der Waals surface area contributed by atoms with Gasteiger partial charge in [-0.2, -0.15) is 5.10 Å². The van der Waals surface area contributed by atoms with Crippen LogP contribution in [0.1, 0.15) is 51.7 Å². The second kappa shape index (κ2) is 7.60. The van der Waals surface area contributed by atoms with Gasteiger partial charge in [0.25, 0.3) is 0 Å². The normalized spacial score (nSPS) is 20.7. The standard InChI is InChI=1S/C20H33N5O2/c1-14(2)11-24-13-20(10-18(24)26)6-8-23(9-7-20)19(27)15(3)12-25-17(5)21-16(4)22-25/h14-15H,6-13H2,1-5H3/t15-/m1/s1. The monoisotopic (exact) mass is 375 g/mol. The van der Waals surface area contributed by atoms with Crippen LogP contribution in [0.15, 0.2) is 0 Å². The molecule has 2 fully saturated rings. The third-order valence-electron chi connectivity index (χ3n) is 5.96. The van der Waals surface area contributed by atoms with E-state index in [1.165, 1.54) is 0 Å². The van der Waals surface area contributed by atoms with E-state index in [9.17, 15) is 9.59 Å². The van der Waals surface area contributed by atoms with Crippen LogP contribution in [-0.2, 0) is 16.1 Å². The summed E-state index contributed by atoms with van der Waals surface area (Å²) < 4.78 is 1.82. The van der Waals surface area contributed by atoms with E-state index < -0.39 is 0 Å². The van der Waals surface area contributed by atoms with Gasteiger partial charge in [-0.15, -0.1) is 0 Å². The lowest BCUT2D eigenvalue weighted by atomic mass is 9.77. The maximum atomic E-state index is 12.9. The summed E-state index contributed by atoms with van der Waals surface area (Å²) in [5, 5.41) is 4.37. The minimum absolute atomic E-state index is 0.0750. The minimum atomic E-state index is -0.124. The summed E-state index contributed by atoms with van der Waals surface area (Å²) in [5.41, 5.74) is 0.0750. The first-order valence-electron chi connectivity index (χ1n) is 10.1. The van der Waals surface area contributed by atoms with Crippen LogP contribution in [-0.4, -0.2) is 62.6 Å². The van der Waals surface area contributed by atoms with Crippen molar-refractivity contribution in [1.29, 1.82) is 0 Å². The molecule has 0 N–H and O–H groups in total. The van der Waals surface area contributed by atoms with Gasteiger partial charge in [-0.05, 0) is 32.6 Å². The molecule has 0 aromatic carbocycles. The van der Waals surface area contributed by atoms with Gasteiger partial charge in [-0.1, -0.05) is 20.8 Å². The highest BCUT2D eigenvalue weighted by Gasteiger charge is 2.45. The Balaban J connectivity index is 1.55. The maximum absolute atomic E-state index is 12.9. The summed E-state index contributed by atoms with van der Waals surface area (Å²) in [6.07, 6.45) is 2.50. The van der Waals surface area contributed by atoms with Crippen LogP contribution in [0, 0.1) is 31.1 Å². The Bertz CT molecular complexity index is 703. The van der Waals surface area contributed by atoms with Crippen LogP contribution < -0.4 is 0 Å². The number of rotatable bonds is 5. The fraction of sp³-hybridized carbons (Fsp3) is 0.800. The molecule has 0 unspecified atom stereocenters. The molecule has 2 saturated heterocycles. The van der Waals surface area contributed by atoms with Crippen molar-refractivity contribution in [2.24, 2.45) is 17.3 Å². The number of piperidine rings is 1. The average molecular weight is 376 g/mol. The predicted molar refractivity (Wildman–Crippen MR) is 103 cm³/mol. The number of aryl methyl sites for hydroxylation is 2. The van der Waals surface area contributed by atoms with Crippen LogP contribution >= 0.6 is 0 Å². The number of likely N-dealkylation sites (tertiary alicyclic amines) is 2. The summed E-state index contributed by atoms with van der Waals surface area (Å²) in [4.78, 5) is 33.6. The zero-order chi connectivity index (χ0) is 19.8. The highest BCUT2D eigenvalue weighted by atomic mass is 16.2. The lowest BCUT2D eigenvalue weighted by molar-refractivity contribution is -0.137. The lowest BCUT2D eigenvalue weighted by Crippen LogP contribution is -2.46. The first kappa shape index (κ1) is 19.8. The van der Waals surface area contributed by atoms with Gasteiger partial charge in [-0.3, -0.25) is 9.59 Å². The Kier molecular flexibility index (Phi) is 5.58. The zero-order valence-corrected chi connectivity index (χ0v) is 17.4. The fourth-order valence-corrected chi connectivity index (χ4v) is 4.51. The van der Waals surface area contributed by atoms with Crippen molar-refractivity contribution in [3.63, 3.8) is 0 Å². The summed E-state index contributed by atoms with van der Waals surface area (Å²) in [5.74, 6) is 2.43. The highest BCUT2D eigenvalue weighted by molar-refractivity contribution is 5.80. The number of hydrogen-bond acceptors (Lipinski definition) is 4. The third kappa shape index (κ3) is 4.33. The Labute approximate surface area is 162 Å². The quantitative estimate of drug-likeness (QED) is 0.789. The van der Waals surface area contributed by atoms with E-state index in [1.807, 2.05) is 35.3 Å². The van der Waals surface area contributed by atoms with E-state index in [2.05, 4.69) is 23.9 Å². The van der Waals surface area contributed by atoms with Gasteiger partial charge in [0, 0.05) is 38.0 Å². The molecule has 2 amide bonds. The summed E-state index contributed by atoms with van der Waals surface area (Å²) in [6, 6.07) is 0. The molecule has 7 heteroatoms. The average Bonchev–Trinajstić information content (AvgIpc) is 3.06. The third-order valence-corrected chi connectivity index (χ3v) is 5.96. The molecule has 0 saturated carbocycles. The van der Waals surface area contributed by atoms with Gasteiger partial charge in [0.05, 0.1) is 12.5 Å². The molecule has 1 atom stereocenters. The topological polar surface area (TPSA) is 71.3 Å². The molecule has 2 aliphatic heterocycles. The molecule has 27 heavy (non-hydrogen) atoms. The molecule has 1 aromatic rings. The molecule has 2 aliphatic rings. The van der Waals surface area contributed by atoms with Crippen molar-refractivity contribution in [2.45, 2.75) is 60.4 Å². The van der Waals surface area contributed by atoms with Crippen molar-refractivity contribution in [2.75, 3.05) is 26.2 Å². The zero-order valence-electron chi connectivity index (χ0n) is 17.4. The summed E-state index contributed by atoms with van der Waals surface area (Å²) in [6.45, 7) is 13.8. The van der Waals surface area contributed by atoms with Crippen LogP contribution in [0.4, 0.5) is 0 Å². The van der Waals surface area contributed by atoms with Gasteiger partial charge in [0.15, 0.2) is 0 Å². The molecule has 0 bridgehead atoms. The molecule has 7 nitrogen and oxygen atoms in total. The van der Waals surface area contributed by atoms with Crippen LogP contribution in [0.5, 0.6) is 0 Å². The molecular weight excluding hydrogens is 342 g/mol. The van der Waals surface area contributed by atoms with E-state index in [1.54, 1.807) is 0 Å². The number of carbonyl (C=O) groups is 2. The van der Waals surface area contributed by atoms with E-state index in [-0.39, 0.29) is 23.1 Å². The Morgan fingerprint density at radius 3 is 2.37 bits per heavy atom. The molecule has 150 valence electrons. The van der Waals surface area contributed by atoms with E-state index in [0.717, 1.165) is 50.7 Å². The van der Waals surface area contributed by atoms with Gasteiger partial charge >= 0.3 is 0 Å². The number of carbonyl (C=O) groups excluding carboxylic acids is 2. The van der Waals surface area contributed by atoms with Gasteiger partial charge < -0.3 is 9.80 Å².